The van der Waals surface area contributed by atoms with Crippen LogP contribution in [0.3, 0.4) is 0 Å². The molecular formula is C8H17NO2S. The Labute approximate surface area is 77.7 Å². The predicted octanol–water partition coefficient (Wildman–Crippen LogP) is 1.32. The Morgan fingerprint density at radius 3 is 2.58 bits per heavy atom. The van der Waals surface area contributed by atoms with Crippen LogP contribution in [0.4, 0.5) is 0 Å². The van der Waals surface area contributed by atoms with Gasteiger partial charge in [0, 0.05) is 5.25 Å². The number of aliphatic carboxylic acids is 1. The number of thioether (sulfide) groups is 1. The number of hydrogen-bond acceptors (Lipinski definition) is 3. The van der Waals surface area contributed by atoms with E-state index < -0.39 is 11.5 Å². The Kier molecular flexibility index (Phi) is 4.63. The third-order valence-electron chi connectivity index (χ3n) is 1.65. The monoisotopic (exact) mass is 191 g/mol. The van der Waals surface area contributed by atoms with Crippen LogP contribution in [0.25, 0.3) is 0 Å². The van der Waals surface area contributed by atoms with Crippen LogP contribution in [0.2, 0.25) is 0 Å². The Morgan fingerprint density at radius 1 is 1.75 bits per heavy atom. The van der Waals surface area contributed by atoms with Gasteiger partial charge in [-0.15, -0.1) is 0 Å². The van der Waals surface area contributed by atoms with Gasteiger partial charge in [0.05, 0.1) is 0 Å². The van der Waals surface area contributed by atoms with Crippen LogP contribution in [0.1, 0.15) is 27.2 Å². The maximum Gasteiger partial charge on any atom is 0.323 e. The lowest BCUT2D eigenvalue weighted by Gasteiger charge is -2.22. The molecule has 0 saturated heterocycles. The lowest BCUT2D eigenvalue weighted by atomic mass is 9.98. The van der Waals surface area contributed by atoms with Gasteiger partial charge in [0.1, 0.15) is 5.54 Å². The number of carbonyl (C=O) groups is 1. The molecule has 2 atom stereocenters. The fraction of sp³-hybridized carbons (Fsp3) is 0.875. The van der Waals surface area contributed by atoms with E-state index in [2.05, 4.69) is 6.92 Å². The van der Waals surface area contributed by atoms with E-state index in [1.807, 2.05) is 6.92 Å². The molecule has 0 heterocycles. The van der Waals surface area contributed by atoms with Crippen LogP contribution in [0, 0.1) is 0 Å². The molecule has 0 aromatic carbocycles. The highest BCUT2D eigenvalue weighted by atomic mass is 32.2. The zero-order chi connectivity index (χ0) is 9.78. The summed E-state index contributed by atoms with van der Waals surface area (Å²) < 4.78 is 0. The minimum absolute atomic E-state index is 0.307. The maximum atomic E-state index is 10.6. The Bertz CT molecular complexity index is 159. The summed E-state index contributed by atoms with van der Waals surface area (Å²) >= 11 is 1.73. The topological polar surface area (TPSA) is 63.3 Å². The highest BCUT2D eigenvalue weighted by molar-refractivity contribution is 7.99. The Morgan fingerprint density at radius 2 is 2.25 bits per heavy atom. The molecule has 0 aliphatic heterocycles. The molecule has 3 nitrogen and oxygen atoms in total. The van der Waals surface area contributed by atoms with Gasteiger partial charge in [-0.3, -0.25) is 4.79 Å². The molecule has 12 heavy (non-hydrogen) atoms. The van der Waals surface area contributed by atoms with Gasteiger partial charge in [-0.2, -0.15) is 11.8 Å². The van der Waals surface area contributed by atoms with Crippen LogP contribution in [-0.4, -0.2) is 27.6 Å². The molecule has 0 aliphatic rings. The molecule has 0 amide bonds. The first-order chi connectivity index (χ1) is 5.40. The first kappa shape index (κ1) is 11.8. The SMILES string of the molecule is CCSC(C)CC(C)(N)C(=O)O. The van der Waals surface area contributed by atoms with E-state index in [0.717, 1.165) is 5.75 Å². The molecule has 0 radical (unpaired) electrons. The van der Waals surface area contributed by atoms with Crippen molar-refractivity contribution in [2.75, 3.05) is 5.75 Å². The zero-order valence-corrected chi connectivity index (χ0v) is 8.65. The summed E-state index contributed by atoms with van der Waals surface area (Å²) in [5, 5.41) is 9.03. The van der Waals surface area contributed by atoms with E-state index in [1.165, 1.54) is 0 Å². The molecular weight excluding hydrogens is 174 g/mol. The lowest BCUT2D eigenvalue weighted by Crippen LogP contribution is -2.46. The first-order valence-electron chi connectivity index (χ1n) is 4.04. The number of carboxylic acids is 1. The first-order valence-corrected chi connectivity index (χ1v) is 5.09. The van der Waals surface area contributed by atoms with E-state index >= 15 is 0 Å². The largest absolute Gasteiger partial charge is 0.480 e. The van der Waals surface area contributed by atoms with Crippen LogP contribution in [0.5, 0.6) is 0 Å². The second-order valence-electron chi connectivity index (χ2n) is 3.19. The van der Waals surface area contributed by atoms with Crippen molar-refractivity contribution in [3.8, 4) is 0 Å². The summed E-state index contributed by atoms with van der Waals surface area (Å²) in [6, 6.07) is 0. The second kappa shape index (κ2) is 4.72. The summed E-state index contributed by atoms with van der Waals surface area (Å²) in [5.74, 6) is 0.0719. The van der Waals surface area contributed by atoms with Crippen molar-refractivity contribution in [3.63, 3.8) is 0 Å². The molecule has 0 spiro atoms. The third kappa shape index (κ3) is 3.97. The fourth-order valence-electron chi connectivity index (χ4n) is 1.03. The average Bonchev–Trinajstić information content (AvgIpc) is 1.85. The van der Waals surface area contributed by atoms with Crippen molar-refractivity contribution in [3.05, 3.63) is 0 Å². The standard InChI is InChI=1S/C8H17NO2S/c1-4-12-6(2)5-8(3,9)7(10)11/h6H,4-5,9H2,1-3H3,(H,10,11). The third-order valence-corrected chi connectivity index (χ3v) is 2.72. The molecule has 0 saturated carbocycles. The molecule has 0 rings (SSSR count). The van der Waals surface area contributed by atoms with Gasteiger partial charge in [0.25, 0.3) is 0 Å². The summed E-state index contributed by atoms with van der Waals surface area (Å²) in [6.07, 6.45) is 0.515. The highest BCUT2D eigenvalue weighted by Crippen LogP contribution is 2.19. The fourth-order valence-corrected chi connectivity index (χ4v) is 2.06. The Hall–Kier alpha value is -0.220. The molecule has 0 aliphatic carbocycles. The molecule has 0 fully saturated rings. The lowest BCUT2D eigenvalue weighted by molar-refractivity contribution is -0.142. The highest BCUT2D eigenvalue weighted by Gasteiger charge is 2.29. The molecule has 2 unspecified atom stereocenters. The predicted molar refractivity (Wildman–Crippen MR) is 52.4 cm³/mol. The van der Waals surface area contributed by atoms with Crippen molar-refractivity contribution in [2.45, 2.75) is 38.0 Å². The number of carboxylic acid groups (broad SMARTS) is 1. The van der Waals surface area contributed by atoms with Crippen molar-refractivity contribution in [1.29, 1.82) is 0 Å². The van der Waals surface area contributed by atoms with Gasteiger partial charge >= 0.3 is 5.97 Å². The molecule has 0 bridgehead atoms. The molecule has 72 valence electrons. The van der Waals surface area contributed by atoms with Crippen molar-refractivity contribution < 1.29 is 9.90 Å². The van der Waals surface area contributed by atoms with Gasteiger partial charge < -0.3 is 10.8 Å². The van der Waals surface area contributed by atoms with Gasteiger partial charge in [0.15, 0.2) is 0 Å². The van der Waals surface area contributed by atoms with Gasteiger partial charge in [-0.05, 0) is 19.1 Å². The summed E-state index contributed by atoms with van der Waals surface area (Å²) in [6.45, 7) is 5.61. The number of nitrogens with two attached hydrogens (primary N) is 1. The van der Waals surface area contributed by atoms with Crippen LogP contribution in [-0.2, 0) is 4.79 Å². The maximum absolute atomic E-state index is 10.6. The van der Waals surface area contributed by atoms with Crippen molar-refractivity contribution in [1.82, 2.24) is 0 Å². The van der Waals surface area contributed by atoms with E-state index in [9.17, 15) is 4.79 Å². The van der Waals surface area contributed by atoms with Crippen LogP contribution < -0.4 is 5.73 Å². The molecule has 3 N–H and O–H groups in total. The van der Waals surface area contributed by atoms with Crippen molar-refractivity contribution in [2.24, 2.45) is 5.73 Å². The molecule has 0 aromatic rings. The van der Waals surface area contributed by atoms with E-state index in [1.54, 1.807) is 18.7 Å². The summed E-state index contributed by atoms with van der Waals surface area (Å²) in [4.78, 5) is 10.6. The number of rotatable bonds is 5. The van der Waals surface area contributed by atoms with Crippen LogP contribution >= 0.6 is 11.8 Å². The number of hydrogen-bond donors (Lipinski definition) is 2. The minimum atomic E-state index is -1.08. The smallest absolute Gasteiger partial charge is 0.323 e. The van der Waals surface area contributed by atoms with Crippen LogP contribution in [0.15, 0.2) is 0 Å². The van der Waals surface area contributed by atoms with Gasteiger partial charge in [-0.25, -0.2) is 0 Å². The Balaban J connectivity index is 3.96. The van der Waals surface area contributed by atoms with Gasteiger partial charge in [0.2, 0.25) is 0 Å². The summed E-state index contributed by atoms with van der Waals surface area (Å²) in [7, 11) is 0. The average molecular weight is 191 g/mol. The van der Waals surface area contributed by atoms with E-state index in [4.69, 9.17) is 10.8 Å². The molecule has 4 heteroatoms. The van der Waals surface area contributed by atoms with Gasteiger partial charge in [-0.1, -0.05) is 13.8 Å². The van der Waals surface area contributed by atoms with E-state index in [0.29, 0.717) is 11.7 Å². The zero-order valence-electron chi connectivity index (χ0n) is 7.83. The second-order valence-corrected chi connectivity index (χ2v) is 4.91. The minimum Gasteiger partial charge on any atom is -0.480 e. The molecule has 0 aromatic heterocycles. The normalized spacial score (nSPS) is 18.3. The van der Waals surface area contributed by atoms with Crippen molar-refractivity contribution >= 4 is 17.7 Å². The van der Waals surface area contributed by atoms with E-state index in [-0.39, 0.29) is 0 Å². The quantitative estimate of drug-likeness (QED) is 0.688. The summed E-state index contributed by atoms with van der Waals surface area (Å²) in [5.41, 5.74) is 4.50.